The summed E-state index contributed by atoms with van der Waals surface area (Å²) < 4.78 is 0.965. The van der Waals surface area contributed by atoms with Gasteiger partial charge >= 0.3 is 0 Å². The van der Waals surface area contributed by atoms with Crippen LogP contribution in [0.4, 0.5) is 5.13 Å². The maximum Gasteiger partial charge on any atom is 0.260 e. The summed E-state index contributed by atoms with van der Waals surface area (Å²) in [7, 11) is 0. The molecule has 0 fully saturated rings. The Hall–Kier alpha value is -2.76. The van der Waals surface area contributed by atoms with Crippen LogP contribution in [-0.2, 0) is 19.4 Å². The number of carbonyl (C=O) groups is 1. The minimum Gasteiger partial charge on any atom is -0.279 e. The Bertz CT molecular complexity index is 1220. The van der Waals surface area contributed by atoms with Crippen LogP contribution in [0.5, 0.6) is 0 Å². The number of nitrogens with zero attached hydrogens (tertiary/aromatic N) is 3. The molecule has 2 aromatic carbocycles. The summed E-state index contributed by atoms with van der Waals surface area (Å²) in [5, 5.41) is 1.33. The molecule has 4 nitrogen and oxygen atoms in total. The van der Waals surface area contributed by atoms with Crippen LogP contribution < -0.4 is 4.90 Å². The van der Waals surface area contributed by atoms with Gasteiger partial charge in [0.05, 0.1) is 16.8 Å². The lowest BCUT2D eigenvalue weighted by Gasteiger charge is -2.22. The third kappa shape index (κ3) is 3.83. The van der Waals surface area contributed by atoms with Gasteiger partial charge in [-0.2, -0.15) is 0 Å². The van der Waals surface area contributed by atoms with Crippen molar-refractivity contribution < 1.29 is 4.79 Å². The number of hydrogen-bond acceptors (Lipinski definition) is 4. The quantitative estimate of drug-likeness (QED) is 0.392. The molecule has 0 aliphatic heterocycles. The minimum absolute atomic E-state index is 0.0441. The van der Waals surface area contributed by atoms with Gasteiger partial charge in [-0.1, -0.05) is 35.1 Å². The van der Waals surface area contributed by atoms with Crippen LogP contribution in [0.15, 0.2) is 60.9 Å². The van der Waals surface area contributed by atoms with E-state index in [2.05, 4.69) is 17.1 Å². The molecule has 0 radical (unpaired) electrons. The number of carbonyl (C=O) groups excluding carboxylic acids is 1. The molecule has 1 aliphatic rings. The molecule has 0 saturated carbocycles. The molecule has 0 spiro atoms. The van der Waals surface area contributed by atoms with E-state index in [9.17, 15) is 4.79 Å². The van der Waals surface area contributed by atoms with Crippen molar-refractivity contribution in [2.75, 3.05) is 4.90 Å². The predicted molar refractivity (Wildman–Crippen MR) is 122 cm³/mol. The van der Waals surface area contributed by atoms with Crippen LogP contribution in [-0.4, -0.2) is 15.9 Å². The number of amides is 1. The van der Waals surface area contributed by atoms with Crippen LogP contribution in [0.3, 0.4) is 0 Å². The maximum absolute atomic E-state index is 13.6. The normalized spacial score (nSPS) is 13.2. The molecule has 6 heteroatoms. The number of pyridine rings is 1. The Labute approximate surface area is 184 Å². The monoisotopic (exact) mass is 433 g/mol. The predicted octanol–water partition coefficient (Wildman–Crippen LogP) is 6.07. The molecular formula is C24H20ClN3OS. The van der Waals surface area contributed by atoms with E-state index < -0.39 is 0 Å². The van der Waals surface area contributed by atoms with Crippen molar-refractivity contribution in [3.8, 4) is 0 Å². The van der Waals surface area contributed by atoms with Gasteiger partial charge < -0.3 is 0 Å². The Morgan fingerprint density at radius 2 is 1.93 bits per heavy atom. The van der Waals surface area contributed by atoms with Gasteiger partial charge in [0.1, 0.15) is 0 Å². The highest BCUT2D eigenvalue weighted by Gasteiger charge is 2.23. The average molecular weight is 434 g/mol. The summed E-state index contributed by atoms with van der Waals surface area (Å²) in [5.41, 5.74) is 5.17. The van der Waals surface area contributed by atoms with Crippen LogP contribution in [0, 0.1) is 0 Å². The first-order valence-corrected chi connectivity index (χ1v) is 11.3. The number of aryl methyl sites for hydroxylation is 2. The van der Waals surface area contributed by atoms with Crippen LogP contribution in [0.25, 0.3) is 10.2 Å². The lowest BCUT2D eigenvalue weighted by molar-refractivity contribution is 0.0985. The fourth-order valence-electron chi connectivity index (χ4n) is 3.92. The molecule has 0 saturated heterocycles. The number of anilines is 1. The highest BCUT2D eigenvalue weighted by Crippen LogP contribution is 2.33. The minimum atomic E-state index is -0.0441. The van der Waals surface area contributed by atoms with Gasteiger partial charge in [-0.05, 0) is 78.8 Å². The number of fused-ring (bicyclic) bond motifs is 2. The molecule has 30 heavy (non-hydrogen) atoms. The van der Waals surface area contributed by atoms with E-state index in [1.807, 2.05) is 36.4 Å². The molecule has 5 rings (SSSR count). The number of aromatic nitrogens is 2. The number of rotatable bonds is 4. The van der Waals surface area contributed by atoms with Gasteiger partial charge in [0.15, 0.2) is 5.13 Å². The second kappa shape index (κ2) is 8.17. The molecule has 0 bridgehead atoms. The third-order valence-corrected chi connectivity index (χ3v) is 6.75. The zero-order valence-electron chi connectivity index (χ0n) is 16.3. The Morgan fingerprint density at radius 3 is 2.77 bits per heavy atom. The first-order chi connectivity index (χ1) is 14.7. The molecule has 2 heterocycles. The standard InChI is InChI=1S/C24H20ClN3OS/c25-20-9-10-21-22(13-20)30-24(27-21)28(15-16-4-3-11-26-14-16)23(29)19-8-7-17-5-1-2-6-18(17)12-19/h3-4,7-14H,1-2,5-6,15H2. The number of thiazole rings is 1. The summed E-state index contributed by atoms with van der Waals surface area (Å²) in [6, 6.07) is 15.6. The topological polar surface area (TPSA) is 46.1 Å². The maximum atomic E-state index is 13.6. The van der Waals surface area contributed by atoms with E-state index in [0.29, 0.717) is 22.3 Å². The fourth-order valence-corrected chi connectivity index (χ4v) is 5.16. The van der Waals surface area contributed by atoms with E-state index in [1.165, 1.54) is 35.3 Å². The Kier molecular flexibility index (Phi) is 5.23. The Morgan fingerprint density at radius 1 is 1.07 bits per heavy atom. The van der Waals surface area contributed by atoms with Crippen LogP contribution >= 0.6 is 22.9 Å². The summed E-state index contributed by atoms with van der Waals surface area (Å²) in [6.07, 6.45) is 8.07. The molecule has 1 amide bonds. The van der Waals surface area contributed by atoms with Gasteiger partial charge in [0.25, 0.3) is 5.91 Å². The third-order valence-electron chi connectivity index (χ3n) is 5.47. The fraction of sp³-hybridized carbons (Fsp3) is 0.208. The lowest BCUT2D eigenvalue weighted by Crippen LogP contribution is -2.30. The van der Waals surface area contributed by atoms with E-state index in [-0.39, 0.29) is 5.91 Å². The second-order valence-electron chi connectivity index (χ2n) is 7.55. The molecule has 0 atom stereocenters. The molecular weight excluding hydrogens is 414 g/mol. The largest absolute Gasteiger partial charge is 0.279 e. The van der Waals surface area contributed by atoms with Crippen molar-refractivity contribution in [1.82, 2.24) is 9.97 Å². The van der Waals surface area contributed by atoms with Crippen molar-refractivity contribution in [1.29, 1.82) is 0 Å². The smallest absolute Gasteiger partial charge is 0.260 e. The zero-order chi connectivity index (χ0) is 20.5. The second-order valence-corrected chi connectivity index (χ2v) is 9.00. The molecule has 1 aliphatic carbocycles. The summed E-state index contributed by atoms with van der Waals surface area (Å²) in [4.78, 5) is 24.3. The number of benzene rings is 2. The summed E-state index contributed by atoms with van der Waals surface area (Å²) in [6.45, 7) is 0.414. The number of hydrogen-bond donors (Lipinski definition) is 0. The molecule has 4 aromatic rings. The molecule has 0 N–H and O–H groups in total. The number of halogens is 1. The van der Waals surface area contributed by atoms with Gasteiger partial charge in [-0.25, -0.2) is 4.98 Å². The van der Waals surface area contributed by atoms with Gasteiger partial charge in [-0.15, -0.1) is 0 Å². The molecule has 2 aromatic heterocycles. The van der Waals surface area contributed by atoms with Crippen LogP contribution in [0.1, 0.15) is 39.9 Å². The van der Waals surface area contributed by atoms with Gasteiger partial charge in [0.2, 0.25) is 0 Å². The average Bonchev–Trinajstić information content (AvgIpc) is 3.20. The van der Waals surface area contributed by atoms with Crippen molar-refractivity contribution in [3.05, 3.63) is 88.2 Å². The SMILES string of the molecule is O=C(c1ccc2c(c1)CCCC2)N(Cc1cccnc1)c1nc2ccc(Cl)cc2s1. The first kappa shape index (κ1) is 19.2. The van der Waals surface area contributed by atoms with Crippen molar-refractivity contribution in [2.45, 2.75) is 32.2 Å². The first-order valence-electron chi connectivity index (χ1n) is 10.1. The van der Waals surface area contributed by atoms with Gasteiger partial charge in [-0.3, -0.25) is 14.7 Å². The molecule has 0 unspecified atom stereocenters. The lowest BCUT2D eigenvalue weighted by atomic mass is 9.90. The molecule has 150 valence electrons. The van der Waals surface area contributed by atoms with Crippen molar-refractivity contribution >= 4 is 44.2 Å². The van der Waals surface area contributed by atoms with E-state index in [0.717, 1.165) is 28.6 Å². The van der Waals surface area contributed by atoms with Crippen molar-refractivity contribution in [3.63, 3.8) is 0 Å². The van der Waals surface area contributed by atoms with Crippen LogP contribution in [0.2, 0.25) is 5.02 Å². The van der Waals surface area contributed by atoms with E-state index in [4.69, 9.17) is 16.6 Å². The highest BCUT2D eigenvalue weighted by atomic mass is 35.5. The zero-order valence-corrected chi connectivity index (χ0v) is 17.9. The Balaban J connectivity index is 1.55. The van der Waals surface area contributed by atoms with E-state index in [1.54, 1.807) is 17.3 Å². The van der Waals surface area contributed by atoms with E-state index >= 15 is 0 Å². The summed E-state index contributed by atoms with van der Waals surface area (Å²) in [5.74, 6) is -0.0441. The van der Waals surface area contributed by atoms with Crippen molar-refractivity contribution in [2.24, 2.45) is 0 Å². The van der Waals surface area contributed by atoms with Gasteiger partial charge in [0, 0.05) is 23.0 Å². The summed E-state index contributed by atoms with van der Waals surface area (Å²) >= 11 is 7.63. The highest BCUT2D eigenvalue weighted by molar-refractivity contribution is 7.22.